The van der Waals surface area contributed by atoms with E-state index >= 15 is 0 Å². The van der Waals surface area contributed by atoms with Crippen LogP contribution >= 0.6 is 0 Å². The second-order valence-corrected chi connectivity index (χ2v) is 7.98. The predicted molar refractivity (Wildman–Crippen MR) is 77.1 cm³/mol. The van der Waals surface area contributed by atoms with Gasteiger partial charge in [-0.1, -0.05) is 13.8 Å². The zero-order valence-corrected chi connectivity index (χ0v) is 12.9. The average molecular weight is 289 g/mol. The Balaban J connectivity index is 1.81. The van der Waals surface area contributed by atoms with E-state index in [1.54, 1.807) is 4.31 Å². The molecule has 0 aromatic carbocycles. The molecule has 1 atom stereocenters. The van der Waals surface area contributed by atoms with Gasteiger partial charge in [0.25, 0.3) is 10.2 Å². The summed E-state index contributed by atoms with van der Waals surface area (Å²) in [4.78, 5) is 0. The third-order valence-corrected chi connectivity index (χ3v) is 5.43. The Kier molecular flexibility index (Phi) is 5.22. The molecule has 1 unspecified atom stereocenters. The lowest BCUT2D eigenvalue weighted by atomic mass is 9.99. The van der Waals surface area contributed by atoms with Crippen LogP contribution in [0, 0.1) is 11.8 Å². The van der Waals surface area contributed by atoms with Crippen molar-refractivity contribution in [3.63, 3.8) is 0 Å². The van der Waals surface area contributed by atoms with Crippen molar-refractivity contribution in [2.75, 3.05) is 26.2 Å². The molecule has 19 heavy (non-hydrogen) atoms. The van der Waals surface area contributed by atoms with Gasteiger partial charge in [0.15, 0.2) is 0 Å². The highest BCUT2D eigenvalue weighted by molar-refractivity contribution is 7.87. The molecular weight excluding hydrogens is 262 g/mol. The number of hydrogen-bond acceptors (Lipinski definition) is 3. The fraction of sp³-hybridized carbons (Fsp3) is 1.00. The summed E-state index contributed by atoms with van der Waals surface area (Å²) in [5.41, 5.74) is 0. The minimum absolute atomic E-state index is 0.439. The first-order chi connectivity index (χ1) is 8.97. The number of hydrogen-bond donors (Lipinski definition) is 2. The summed E-state index contributed by atoms with van der Waals surface area (Å²) in [6.07, 6.45) is 4.43. The van der Waals surface area contributed by atoms with E-state index in [1.165, 1.54) is 12.8 Å². The van der Waals surface area contributed by atoms with Crippen LogP contribution < -0.4 is 10.0 Å². The Hall–Kier alpha value is -0.170. The van der Waals surface area contributed by atoms with Crippen molar-refractivity contribution in [2.24, 2.45) is 11.8 Å². The molecule has 0 amide bonds. The fourth-order valence-corrected chi connectivity index (χ4v) is 3.86. The molecule has 2 aliphatic rings. The van der Waals surface area contributed by atoms with Gasteiger partial charge in [-0.25, -0.2) is 4.72 Å². The van der Waals surface area contributed by atoms with E-state index in [1.807, 2.05) is 0 Å². The Morgan fingerprint density at radius 1 is 1.16 bits per heavy atom. The van der Waals surface area contributed by atoms with Crippen LogP contribution in [0.1, 0.15) is 39.5 Å². The molecule has 1 aliphatic heterocycles. The van der Waals surface area contributed by atoms with E-state index in [4.69, 9.17) is 0 Å². The van der Waals surface area contributed by atoms with Gasteiger partial charge in [0.05, 0.1) is 0 Å². The molecule has 2 rings (SSSR count). The maximum atomic E-state index is 12.2. The first kappa shape index (κ1) is 15.2. The molecule has 1 heterocycles. The summed E-state index contributed by atoms with van der Waals surface area (Å²) in [7, 11) is -3.25. The van der Waals surface area contributed by atoms with Gasteiger partial charge in [-0.15, -0.1) is 0 Å². The van der Waals surface area contributed by atoms with E-state index in [0.29, 0.717) is 37.5 Å². The van der Waals surface area contributed by atoms with Crippen LogP contribution in [0.5, 0.6) is 0 Å². The van der Waals surface area contributed by atoms with Gasteiger partial charge in [-0.3, -0.25) is 0 Å². The van der Waals surface area contributed by atoms with Gasteiger partial charge in [0, 0.05) is 25.7 Å². The summed E-state index contributed by atoms with van der Waals surface area (Å²) in [5.74, 6) is 1.02. The van der Waals surface area contributed by atoms with Crippen LogP contribution in [0.4, 0.5) is 0 Å². The first-order valence-electron chi connectivity index (χ1n) is 7.45. The van der Waals surface area contributed by atoms with E-state index in [0.717, 1.165) is 19.4 Å². The van der Waals surface area contributed by atoms with Crippen molar-refractivity contribution < 1.29 is 8.42 Å². The maximum absolute atomic E-state index is 12.2. The van der Waals surface area contributed by atoms with E-state index < -0.39 is 10.2 Å². The molecule has 2 fully saturated rings. The molecular formula is C13H27N3O2S. The lowest BCUT2D eigenvalue weighted by molar-refractivity contribution is 0.254. The van der Waals surface area contributed by atoms with Crippen molar-refractivity contribution in [1.82, 2.24) is 14.3 Å². The van der Waals surface area contributed by atoms with Crippen LogP contribution in [0.3, 0.4) is 0 Å². The number of nitrogens with one attached hydrogen (secondary N) is 2. The van der Waals surface area contributed by atoms with Crippen molar-refractivity contribution in [2.45, 2.75) is 45.6 Å². The molecule has 2 N–H and O–H groups in total. The summed E-state index contributed by atoms with van der Waals surface area (Å²) in [6, 6.07) is 0.458. The smallest absolute Gasteiger partial charge is 0.279 e. The van der Waals surface area contributed by atoms with Crippen LogP contribution in [-0.4, -0.2) is 44.9 Å². The van der Waals surface area contributed by atoms with Crippen molar-refractivity contribution in [1.29, 1.82) is 0 Å². The molecule has 5 nitrogen and oxygen atoms in total. The molecule has 0 spiro atoms. The lowest BCUT2D eigenvalue weighted by Gasteiger charge is -2.32. The van der Waals surface area contributed by atoms with Gasteiger partial charge in [0.1, 0.15) is 0 Å². The third kappa shape index (κ3) is 5.02. The minimum atomic E-state index is -3.25. The highest BCUT2D eigenvalue weighted by atomic mass is 32.2. The lowest BCUT2D eigenvalue weighted by Crippen LogP contribution is -2.48. The van der Waals surface area contributed by atoms with Crippen molar-refractivity contribution in [3.05, 3.63) is 0 Å². The van der Waals surface area contributed by atoms with E-state index in [2.05, 4.69) is 23.9 Å². The van der Waals surface area contributed by atoms with Gasteiger partial charge in [0.2, 0.25) is 0 Å². The highest BCUT2D eigenvalue weighted by Gasteiger charge is 2.30. The van der Waals surface area contributed by atoms with Crippen LogP contribution in [0.15, 0.2) is 0 Å². The Labute approximate surface area is 117 Å². The second kappa shape index (κ2) is 6.52. The molecule has 112 valence electrons. The molecule has 1 aliphatic carbocycles. The maximum Gasteiger partial charge on any atom is 0.279 e. The Bertz CT molecular complexity index is 379. The number of piperidine rings is 1. The second-order valence-electron chi connectivity index (χ2n) is 6.23. The fourth-order valence-electron chi connectivity index (χ4n) is 2.45. The molecule has 6 heteroatoms. The zero-order valence-electron chi connectivity index (χ0n) is 12.1. The molecule has 1 saturated carbocycles. The van der Waals surface area contributed by atoms with Crippen LogP contribution in [0.2, 0.25) is 0 Å². The number of nitrogens with zero attached hydrogens (tertiary/aromatic N) is 1. The van der Waals surface area contributed by atoms with Crippen LogP contribution in [0.25, 0.3) is 0 Å². The largest absolute Gasteiger partial charge is 0.314 e. The molecule has 0 aromatic rings. The van der Waals surface area contributed by atoms with E-state index in [9.17, 15) is 8.42 Å². The minimum Gasteiger partial charge on any atom is -0.314 e. The van der Waals surface area contributed by atoms with Gasteiger partial charge in [-0.05, 0) is 44.1 Å². The van der Waals surface area contributed by atoms with E-state index in [-0.39, 0.29) is 0 Å². The number of rotatable bonds is 7. The SMILES string of the molecule is CC(C)NCC1CCCN(S(=O)(=O)NCC2CC2)C1. The van der Waals surface area contributed by atoms with Gasteiger partial charge < -0.3 is 5.32 Å². The first-order valence-corrected chi connectivity index (χ1v) is 8.89. The Morgan fingerprint density at radius 3 is 2.53 bits per heavy atom. The van der Waals surface area contributed by atoms with Crippen LogP contribution in [-0.2, 0) is 10.2 Å². The van der Waals surface area contributed by atoms with Crippen molar-refractivity contribution in [3.8, 4) is 0 Å². The quantitative estimate of drug-likeness (QED) is 0.733. The molecule has 1 saturated heterocycles. The normalized spacial score (nSPS) is 25.9. The summed E-state index contributed by atoms with van der Waals surface area (Å²) in [5, 5.41) is 3.41. The standard InChI is InChI=1S/C13H27N3O2S/c1-11(2)14-8-13-4-3-7-16(10-13)19(17,18)15-9-12-5-6-12/h11-15H,3-10H2,1-2H3. The predicted octanol–water partition coefficient (Wildman–Crippen LogP) is 0.941. The molecule has 0 radical (unpaired) electrons. The average Bonchev–Trinajstić information content (AvgIpc) is 3.18. The summed E-state index contributed by atoms with van der Waals surface area (Å²) >= 11 is 0. The summed E-state index contributed by atoms with van der Waals surface area (Å²) < 4.78 is 28.8. The monoisotopic (exact) mass is 289 g/mol. The van der Waals surface area contributed by atoms with Crippen molar-refractivity contribution >= 4 is 10.2 Å². The third-order valence-electron chi connectivity index (χ3n) is 3.89. The van der Waals surface area contributed by atoms with Gasteiger partial charge >= 0.3 is 0 Å². The molecule has 0 bridgehead atoms. The topological polar surface area (TPSA) is 61.4 Å². The zero-order chi connectivity index (χ0) is 13.9. The summed E-state index contributed by atoms with van der Waals surface area (Å²) in [6.45, 7) is 7.08. The van der Waals surface area contributed by atoms with Gasteiger partial charge in [-0.2, -0.15) is 12.7 Å². The highest BCUT2D eigenvalue weighted by Crippen LogP contribution is 2.28. The Morgan fingerprint density at radius 2 is 1.89 bits per heavy atom. The molecule has 0 aromatic heterocycles.